The maximum atomic E-state index is 13.0. The van der Waals surface area contributed by atoms with Crippen LogP contribution in [0.5, 0.6) is 5.75 Å². The van der Waals surface area contributed by atoms with Crippen LogP contribution in [0.25, 0.3) is 11.0 Å². The van der Waals surface area contributed by atoms with Crippen LogP contribution in [0.3, 0.4) is 0 Å². The Hall–Kier alpha value is -2.95. The number of rotatable bonds is 3. The van der Waals surface area contributed by atoms with E-state index in [1.807, 2.05) is 42.6 Å². The zero-order chi connectivity index (χ0) is 16.5. The van der Waals surface area contributed by atoms with Crippen LogP contribution in [0.2, 0.25) is 0 Å². The summed E-state index contributed by atoms with van der Waals surface area (Å²) >= 11 is 0. The van der Waals surface area contributed by atoms with Gasteiger partial charge >= 0.3 is 0 Å². The first-order chi connectivity index (χ1) is 11.8. The fourth-order valence-electron chi connectivity index (χ4n) is 3.26. The number of benzene rings is 1. The molecule has 0 aliphatic carbocycles. The van der Waals surface area contributed by atoms with Crippen LogP contribution in [0.4, 0.5) is 0 Å². The van der Waals surface area contributed by atoms with E-state index in [0.717, 1.165) is 27.8 Å². The summed E-state index contributed by atoms with van der Waals surface area (Å²) in [6.45, 7) is 0.859. The lowest BCUT2D eigenvalue weighted by Crippen LogP contribution is -2.28. The van der Waals surface area contributed by atoms with Gasteiger partial charge in [0.25, 0.3) is 5.56 Å². The lowest BCUT2D eigenvalue weighted by molar-refractivity contribution is 0.408. The van der Waals surface area contributed by atoms with E-state index in [1.54, 1.807) is 17.9 Å². The monoisotopic (exact) mass is 319 g/mol. The number of fused-ring (bicyclic) bond motifs is 3. The molecule has 0 atom stereocenters. The molecule has 4 rings (SSSR count). The largest absolute Gasteiger partial charge is 0.496 e. The Balaban J connectivity index is 1.96. The van der Waals surface area contributed by atoms with E-state index in [0.29, 0.717) is 25.2 Å². The molecular weight excluding hydrogens is 302 g/mol. The molecule has 5 nitrogen and oxygen atoms in total. The van der Waals surface area contributed by atoms with Gasteiger partial charge in [0.2, 0.25) is 0 Å². The minimum Gasteiger partial charge on any atom is -0.496 e. The number of hydrogen-bond donors (Lipinski definition) is 0. The normalized spacial score (nSPS) is 13.0. The maximum absolute atomic E-state index is 13.0. The number of aliphatic imine (C=N–C) groups is 1. The molecule has 3 heterocycles. The Kier molecular flexibility index (Phi) is 3.61. The smallest absolute Gasteiger partial charge is 0.257 e. The molecule has 0 fully saturated rings. The van der Waals surface area contributed by atoms with Crippen LogP contribution in [0.1, 0.15) is 16.7 Å². The summed E-state index contributed by atoms with van der Waals surface area (Å²) in [6.07, 6.45) is 4.28. The van der Waals surface area contributed by atoms with Crippen molar-refractivity contribution >= 4 is 17.2 Å². The summed E-state index contributed by atoms with van der Waals surface area (Å²) in [4.78, 5) is 21.8. The quantitative estimate of drug-likeness (QED) is 0.745. The minimum absolute atomic E-state index is 0.0149. The number of nitrogens with zero attached hydrogens (tertiary/aromatic N) is 3. The summed E-state index contributed by atoms with van der Waals surface area (Å²) in [7, 11) is 1.64. The van der Waals surface area contributed by atoms with Gasteiger partial charge in [-0.05, 0) is 23.8 Å². The highest BCUT2D eigenvalue weighted by atomic mass is 16.5. The maximum Gasteiger partial charge on any atom is 0.257 e. The molecule has 1 aliphatic rings. The molecule has 0 radical (unpaired) electrons. The lowest BCUT2D eigenvalue weighted by atomic mass is 10.00. The van der Waals surface area contributed by atoms with Crippen molar-refractivity contribution in [3.05, 3.63) is 69.6 Å². The third kappa shape index (κ3) is 2.29. The van der Waals surface area contributed by atoms with Gasteiger partial charge in [-0.25, -0.2) is 4.98 Å². The second-order valence-corrected chi connectivity index (χ2v) is 5.76. The summed E-state index contributed by atoms with van der Waals surface area (Å²) in [5.41, 5.74) is 3.47. The van der Waals surface area contributed by atoms with Crippen molar-refractivity contribution in [3.8, 4) is 5.75 Å². The van der Waals surface area contributed by atoms with E-state index in [2.05, 4.69) is 9.98 Å². The molecule has 0 saturated carbocycles. The van der Waals surface area contributed by atoms with Gasteiger partial charge < -0.3 is 4.74 Å². The van der Waals surface area contributed by atoms with Gasteiger partial charge in [0.05, 0.1) is 20.2 Å². The van der Waals surface area contributed by atoms with Crippen LogP contribution in [-0.4, -0.2) is 22.9 Å². The molecule has 1 aliphatic heterocycles. The molecule has 0 saturated heterocycles. The van der Waals surface area contributed by atoms with Crippen molar-refractivity contribution in [2.45, 2.75) is 19.5 Å². The third-order valence-electron chi connectivity index (χ3n) is 4.43. The van der Waals surface area contributed by atoms with E-state index in [9.17, 15) is 4.79 Å². The van der Waals surface area contributed by atoms with Gasteiger partial charge in [-0.15, -0.1) is 0 Å². The Morgan fingerprint density at radius 1 is 1.17 bits per heavy atom. The standard InChI is InChI=1S/C19H17N3O2/c1-24-17-7-3-2-5-13(17)12-22-18-15(6-4-9-21-18)14-8-10-20-11-16(14)19(22)23/h2-7,9-10H,8,11-12H2,1H3. The van der Waals surface area contributed by atoms with Crippen molar-refractivity contribution in [1.82, 2.24) is 9.55 Å². The molecule has 5 heteroatoms. The number of para-hydroxylation sites is 1. The second kappa shape index (κ2) is 5.92. The summed E-state index contributed by atoms with van der Waals surface area (Å²) < 4.78 is 7.15. The van der Waals surface area contributed by atoms with Gasteiger partial charge in [-0.1, -0.05) is 18.2 Å². The van der Waals surface area contributed by atoms with Crippen LogP contribution < -0.4 is 10.3 Å². The Labute approximate surface area is 139 Å². The fraction of sp³-hybridized carbons (Fsp3) is 0.211. The van der Waals surface area contributed by atoms with E-state index in [4.69, 9.17) is 4.74 Å². The molecule has 0 bridgehead atoms. The van der Waals surface area contributed by atoms with Crippen LogP contribution in [0.15, 0.2) is 52.4 Å². The van der Waals surface area contributed by atoms with E-state index in [-0.39, 0.29) is 5.56 Å². The lowest BCUT2D eigenvalue weighted by Gasteiger charge is -2.18. The molecule has 2 aromatic heterocycles. The number of aromatic nitrogens is 2. The van der Waals surface area contributed by atoms with Gasteiger partial charge in [-0.3, -0.25) is 14.4 Å². The van der Waals surface area contributed by atoms with Crippen molar-refractivity contribution in [2.24, 2.45) is 4.99 Å². The van der Waals surface area contributed by atoms with E-state index >= 15 is 0 Å². The first-order valence-electron chi connectivity index (χ1n) is 7.89. The molecule has 0 amide bonds. The summed E-state index contributed by atoms with van der Waals surface area (Å²) in [6, 6.07) is 11.7. The highest BCUT2D eigenvalue weighted by Crippen LogP contribution is 2.24. The number of methoxy groups -OCH3 is 1. The van der Waals surface area contributed by atoms with Crippen LogP contribution >= 0.6 is 0 Å². The van der Waals surface area contributed by atoms with Crippen LogP contribution in [-0.2, 0) is 19.5 Å². The van der Waals surface area contributed by atoms with E-state index < -0.39 is 0 Å². The van der Waals surface area contributed by atoms with Crippen molar-refractivity contribution < 1.29 is 4.74 Å². The third-order valence-corrected chi connectivity index (χ3v) is 4.43. The number of ether oxygens (including phenoxy) is 1. The van der Waals surface area contributed by atoms with Crippen molar-refractivity contribution in [1.29, 1.82) is 0 Å². The Bertz CT molecular complexity index is 1010. The summed E-state index contributed by atoms with van der Waals surface area (Å²) in [5.74, 6) is 0.768. The summed E-state index contributed by atoms with van der Waals surface area (Å²) in [5, 5.41) is 1.02. The average molecular weight is 319 g/mol. The van der Waals surface area contributed by atoms with Crippen molar-refractivity contribution in [2.75, 3.05) is 7.11 Å². The van der Waals surface area contributed by atoms with Crippen LogP contribution in [0, 0.1) is 0 Å². The molecular formula is C19H17N3O2. The Morgan fingerprint density at radius 2 is 2.04 bits per heavy atom. The van der Waals surface area contributed by atoms with Gasteiger partial charge in [0.1, 0.15) is 11.4 Å². The molecule has 24 heavy (non-hydrogen) atoms. The van der Waals surface area contributed by atoms with Gasteiger partial charge in [0.15, 0.2) is 0 Å². The molecule has 3 aromatic rings. The topological polar surface area (TPSA) is 56.5 Å². The number of hydrogen-bond acceptors (Lipinski definition) is 4. The number of pyridine rings is 2. The minimum atomic E-state index is -0.0149. The fourth-order valence-corrected chi connectivity index (χ4v) is 3.26. The van der Waals surface area contributed by atoms with E-state index in [1.165, 1.54) is 0 Å². The zero-order valence-corrected chi connectivity index (χ0v) is 13.4. The molecule has 0 spiro atoms. The van der Waals surface area contributed by atoms with Gasteiger partial charge in [0, 0.05) is 35.3 Å². The first kappa shape index (κ1) is 14.6. The predicted octanol–water partition coefficient (Wildman–Crippen LogP) is 2.58. The highest BCUT2D eigenvalue weighted by molar-refractivity contribution is 5.84. The Morgan fingerprint density at radius 3 is 2.92 bits per heavy atom. The average Bonchev–Trinajstić information content (AvgIpc) is 2.65. The van der Waals surface area contributed by atoms with Crippen molar-refractivity contribution in [3.63, 3.8) is 0 Å². The first-order valence-corrected chi connectivity index (χ1v) is 7.89. The SMILES string of the molecule is COc1ccccc1Cn1c(=O)c2c(c3cccnc31)CC=NC2. The van der Waals surface area contributed by atoms with Gasteiger partial charge in [-0.2, -0.15) is 0 Å². The molecule has 0 N–H and O–H groups in total. The highest BCUT2D eigenvalue weighted by Gasteiger charge is 2.19. The molecule has 120 valence electrons. The molecule has 1 aromatic carbocycles. The zero-order valence-electron chi connectivity index (χ0n) is 13.4. The molecule has 0 unspecified atom stereocenters. The second-order valence-electron chi connectivity index (χ2n) is 5.76. The predicted molar refractivity (Wildman–Crippen MR) is 94.0 cm³/mol.